The number of anilines is 2. The molecule has 2 aromatic rings. The Morgan fingerprint density at radius 2 is 2.07 bits per heavy atom. The molecule has 3 atom stereocenters. The summed E-state index contributed by atoms with van der Waals surface area (Å²) in [4.78, 5) is 20.0. The maximum absolute atomic E-state index is 14.4. The Balaban J connectivity index is 1.40. The van der Waals surface area contributed by atoms with Crippen LogP contribution in [0.3, 0.4) is 0 Å². The van der Waals surface area contributed by atoms with Gasteiger partial charge in [-0.1, -0.05) is 0 Å². The predicted molar refractivity (Wildman–Crippen MR) is 114 cm³/mol. The number of benzene rings is 1. The van der Waals surface area contributed by atoms with Gasteiger partial charge in [0.1, 0.15) is 11.9 Å². The molecule has 3 unspecified atom stereocenters. The molecule has 156 valence electrons. The van der Waals surface area contributed by atoms with Gasteiger partial charge in [-0.15, -0.1) is 11.3 Å². The van der Waals surface area contributed by atoms with Crippen molar-refractivity contribution in [1.82, 2.24) is 9.88 Å². The van der Waals surface area contributed by atoms with Crippen molar-refractivity contribution in [2.24, 2.45) is 0 Å². The van der Waals surface area contributed by atoms with Crippen LogP contribution < -0.4 is 15.0 Å². The number of aromatic nitrogens is 1. The molecule has 29 heavy (non-hydrogen) atoms. The van der Waals surface area contributed by atoms with E-state index < -0.39 is 12.3 Å². The fraction of sp³-hybridized carbons (Fsp3) is 0.524. The Morgan fingerprint density at radius 3 is 2.72 bits per heavy atom. The quantitative estimate of drug-likeness (QED) is 0.799. The molecule has 4 rings (SSSR count). The van der Waals surface area contributed by atoms with Gasteiger partial charge in [0.25, 0.3) is 0 Å². The monoisotopic (exact) mass is 418 g/mol. The van der Waals surface area contributed by atoms with Gasteiger partial charge < -0.3 is 19.9 Å². The maximum Gasteiger partial charge on any atom is 0.219 e. The molecule has 2 aliphatic heterocycles. The van der Waals surface area contributed by atoms with Crippen LogP contribution in [0.4, 0.5) is 15.2 Å². The summed E-state index contributed by atoms with van der Waals surface area (Å²) >= 11 is 1.63. The van der Waals surface area contributed by atoms with E-state index >= 15 is 0 Å². The molecule has 3 heterocycles. The normalized spacial score (nSPS) is 24.6. The molecule has 2 saturated heterocycles. The summed E-state index contributed by atoms with van der Waals surface area (Å²) in [6.07, 6.45) is 1.05. The number of ether oxygens (including phenoxy) is 1. The van der Waals surface area contributed by atoms with Crippen LogP contribution in [0, 0.1) is 0 Å². The lowest BCUT2D eigenvalue weighted by Crippen LogP contribution is -2.48. The molecule has 0 saturated carbocycles. The van der Waals surface area contributed by atoms with Gasteiger partial charge in [-0.2, -0.15) is 0 Å². The Morgan fingerprint density at radius 1 is 1.28 bits per heavy atom. The molecular formula is C21H27FN4O2S. The number of amides is 1. The third-order valence-electron chi connectivity index (χ3n) is 5.71. The van der Waals surface area contributed by atoms with E-state index in [-0.39, 0.29) is 18.5 Å². The van der Waals surface area contributed by atoms with Gasteiger partial charge in [-0.3, -0.25) is 4.79 Å². The van der Waals surface area contributed by atoms with Crippen molar-refractivity contribution in [3.05, 3.63) is 35.3 Å². The second-order valence-corrected chi connectivity index (χ2v) is 8.46. The number of hydrogen-bond donors (Lipinski definition) is 1. The van der Waals surface area contributed by atoms with Crippen LogP contribution >= 0.6 is 11.3 Å². The smallest absolute Gasteiger partial charge is 0.219 e. The summed E-state index contributed by atoms with van der Waals surface area (Å²) in [5, 5.41) is 6.17. The van der Waals surface area contributed by atoms with E-state index in [1.807, 2.05) is 31.3 Å². The lowest BCUT2D eigenvalue weighted by Gasteiger charge is -2.34. The van der Waals surface area contributed by atoms with Crippen molar-refractivity contribution in [3.63, 3.8) is 0 Å². The van der Waals surface area contributed by atoms with E-state index in [0.717, 1.165) is 35.9 Å². The Labute approximate surface area is 174 Å². The number of likely N-dealkylation sites (tertiary alicyclic amines) is 1. The highest BCUT2D eigenvalue weighted by Crippen LogP contribution is 2.37. The molecule has 0 aliphatic carbocycles. The number of rotatable bonds is 5. The Kier molecular flexibility index (Phi) is 5.89. The molecular weight excluding hydrogens is 391 g/mol. The third-order valence-corrected chi connectivity index (χ3v) is 6.59. The molecule has 1 aromatic heterocycles. The largest absolute Gasteiger partial charge is 0.487 e. The fourth-order valence-corrected chi connectivity index (χ4v) is 4.85. The zero-order valence-corrected chi connectivity index (χ0v) is 17.6. The average molecular weight is 419 g/mol. The van der Waals surface area contributed by atoms with Crippen LogP contribution in [0.2, 0.25) is 0 Å². The summed E-state index contributed by atoms with van der Waals surface area (Å²) in [6, 6.07) is 8.18. The van der Waals surface area contributed by atoms with Crippen LogP contribution in [0.1, 0.15) is 37.9 Å². The van der Waals surface area contributed by atoms with Crippen LogP contribution in [0.15, 0.2) is 29.6 Å². The number of carbonyl (C=O) groups excluding carboxylic acids is 1. The van der Waals surface area contributed by atoms with Crippen molar-refractivity contribution < 1.29 is 13.9 Å². The second kappa shape index (κ2) is 8.57. The van der Waals surface area contributed by atoms with Gasteiger partial charge in [0.05, 0.1) is 18.3 Å². The highest BCUT2D eigenvalue weighted by atomic mass is 32.1. The van der Waals surface area contributed by atoms with Crippen molar-refractivity contribution in [3.8, 4) is 5.75 Å². The molecule has 1 aromatic carbocycles. The number of nitrogens with zero attached hydrogens (tertiary/aromatic N) is 3. The summed E-state index contributed by atoms with van der Waals surface area (Å²) in [7, 11) is 1.89. The van der Waals surface area contributed by atoms with Gasteiger partial charge in [0.2, 0.25) is 5.91 Å². The van der Waals surface area contributed by atoms with E-state index in [0.29, 0.717) is 18.7 Å². The van der Waals surface area contributed by atoms with Crippen LogP contribution in [-0.2, 0) is 4.79 Å². The summed E-state index contributed by atoms with van der Waals surface area (Å²) in [6.45, 7) is 3.11. The summed E-state index contributed by atoms with van der Waals surface area (Å²) < 4.78 is 20.3. The molecule has 2 aliphatic rings. The van der Waals surface area contributed by atoms with E-state index in [1.165, 1.54) is 6.92 Å². The van der Waals surface area contributed by atoms with E-state index in [2.05, 4.69) is 20.6 Å². The first-order valence-corrected chi connectivity index (χ1v) is 11.0. The fourth-order valence-electron chi connectivity index (χ4n) is 4.13. The van der Waals surface area contributed by atoms with Gasteiger partial charge in [-0.25, -0.2) is 9.37 Å². The molecule has 0 spiro atoms. The van der Waals surface area contributed by atoms with E-state index in [9.17, 15) is 9.18 Å². The first kappa shape index (κ1) is 19.9. The minimum absolute atomic E-state index is 0.0856. The zero-order chi connectivity index (χ0) is 20.4. The van der Waals surface area contributed by atoms with Gasteiger partial charge >= 0.3 is 0 Å². The lowest BCUT2D eigenvalue weighted by molar-refractivity contribution is -0.132. The van der Waals surface area contributed by atoms with Gasteiger partial charge in [0, 0.05) is 44.5 Å². The highest BCUT2D eigenvalue weighted by molar-refractivity contribution is 7.13. The maximum atomic E-state index is 14.4. The lowest BCUT2D eigenvalue weighted by atomic mass is 10.1. The number of piperidine rings is 1. The Bertz CT molecular complexity index is 843. The minimum atomic E-state index is -1.17. The number of carbonyl (C=O) groups is 1. The highest BCUT2D eigenvalue weighted by Gasteiger charge is 2.32. The van der Waals surface area contributed by atoms with Crippen molar-refractivity contribution in [2.45, 2.75) is 44.5 Å². The summed E-state index contributed by atoms with van der Waals surface area (Å²) in [5.41, 5.74) is 2.23. The second-order valence-electron chi connectivity index (χ2n) is 7.60. The minimum Gasteiger partial charge on any atom is -0.487 e. The number of halogens is 1. The van der Waals surface area contributed by atoms with Crippen molar-refractivity contribution >= 4 is 28.1 Å². The molecule has 0 bridgehead atoms. The Hall–Kier alpha value is -2.35. The summed E-state index contributed by atoms with van der Waals surface area (Å²) in [5.74, 6) is 0.581. The zero-order valence-electron chi connectivity index (χ0n) is 16.8. The SMILES string of the molecule is CNc1nc(C2CCCN2c2ccc(OC3CCN(C(C)=O)CC3F)cc2)cs1. The molecule has 1 N–H and O–H groups in total. The molecule has 0 radical (unpaired) electrons. The topological polar surface area (TPSA) is 57.7 Å². The van der Waals surface area contributed by atoms with Gasteiger partial charge in [0.15, 0.2) is 11.3 Å². The number of thiazole rings is 1. The standard InChI is InChI=1S/C21H27FN4O2S/c1-14(27)25-11-9-20(17(22)12-25)28-16-7-5-15(6-8-16)26-10-3-4-19(26)18-13-29-21(23-2)24-18/h5-8,13,17,19-20H,3-4,9-12H2,1-2H3,(H,23,24). The first-order chi connectivity index (χ1) is 14.0. The molecule has 6 nitrogen and oxygen atoms in total. The average Bonchev–Trinajstić information content (AvgIpc) is 3.39. The van der Waals surface area contributed by atoms with E-state index in [1.54, 1.807) is 16.2 Å². The number of alkyl halides is 1. The van der Waals surface area contributed by atoms with Crippen LogP contribution in [0.25, 0.3) is 0 Å². The van der Waals surface area contributed by atoms with Crippen LogP contribution in [0.5, 0.6) is 5.75 Å². The molecule has 2 fully saturated rings. The van der Waals surface area contributed by atoms with E-state index in [4.69, 9.17) is 4.74 Å². The molecule has 8 heteroatoms. The number of nitrogens with one attached hydrogen (secondary N) is 1. The van der Waals surface area contributed by atoms with Gasteiger partial charge in [-0.05, 0) is 37.1 Å². The van der Waals surface area contributed by atoms with Crippen molar-refractivity contribution in [1.29, 1.82) is 0 Å². The first-order valence-electron chi connectivity index (χ1n) is 10.1. The predicted octanol–water partition coefficient (Wildman–Crippen LogP) is 3.86. The van der Waals surface area contributed by atoms with Crippen LogP contribution in [-0.4, -0.2) is 54.7 Å². The molecule has 1 amide bonds. The number of hydrogen-bond acceptors (Lipinski definition) is 6. The third kappa shape index (κ3) is 4.32. The van der Waals surface area contributed by atoms with Crippen molar-refractivity contribution in [2.75, 3.05) is 36.9 Å².